The number of nitrogens with one attached hydrogen (secondary N) is 1. The van der Waals surface area contributed by atoms with Gasteiger partial charge in [0.15, 0.2) is 0 Å². The van der Waals surface area contributed by atoms with E-state index in [1.807, 2.05) is 0 Å². The fourth-order valence-electron chi connectivity index (χ4n) is 1.16. The van der Waals surface area contributed by atoms with Gasteiger partial charge in [0.1, 0.15) is 5.82 Å². The first-order valence-corrected chi connectivity index (χ1v) is 5.51. The molecule has 1 heterocycles. The quantitative estimate of drug-likeness (QED) is 0.834. The van der Waals surface area contributed by atoms with E-state index < -0.39 is 5.97 Å². The number of pyridine rings is 1. The molecule has 0 saturated carbocycles. The summed E-state index contributed by atoms with van der Waals surface area (Å²) in [6.07, 6.45) is 2.31. The Balaban J connectivity index is 2.64. The molecule has 0 atom stereocenters. The van der Waals surface area contributed by atoms with Gasteiger partial charge in [0.2, 0.25) is 0 Å². The summed E-state index contributed by atoms with van der Waals surface area (Å²) in [5.74, 6) is 0.111. The fourth-order valence-corrected chi connectivity index (χ4v) is 1.40. The summed E-state index contributed by atoms with van der Waals surface area (Å²) in [7, 11) is 0. The van der Waals surface area contributed by atoms with Crippen molar-refractivity contribution < 1.29 is 9.90 Å². The zero-order valence-corrected chi connectivity index (χ0v) is 10.1. The van der Waals surface area contributed by atoms with E-state index in [0.29, 0.717) is 16.8 Å². The minimum absolute atomic E-state index is 0.0967. The maximum atomic E-state index is 10.6. The Morgan fingerprint density at radius 2 is 2.31 bits per heavy atom. The number of carboxylic acid groups (broad SMARTS) is 1. The van der Waals surface area contributed by atoms with Gasteiger partial charge in [-0.25, -0.2) is 9.78 Å². The third kappa shape index (κ3) is 3.70. The molecule has 0 aliphatic carbocycles. The molecule has 0 radical (unpaired) electrons. The van der Waals surface area contributed by atoms with E-state index in [1.165, 1.54) is 12.3 Å². The molecule has 1 rings (SSSR count). The molecule has 0 aliphatic rings. The summed E-state index contributed by atoms with van der Waals surface area (Å²) in [6, 6.07) is 1.40. The predicted octanol–water partition coefficient (Wildman–Crippen LogP) is 2.89. The van der Waals surface area contributed by atoms with Crippen LogP contribution in [-0.4, -0.2) is 22.6 Å². The molecule has 0 amide bonds. The lowest BCUT2D eigenvalue weighted by molar-refractivity contribution is 0.0696. The second-order valence-electron chi connectivity index (χ2n) is 3.97. The standard InChI is InChI=1S/C11H15ClN2O2/c1-7(2)3-4-13-10-9(12)5-8(6-14-10)11(15)16/h5-7H,3-4H2,1-2H3,(H,13,14)(H,15,16). The molecule has 0 unspecified atom stereocenters. The largest absolute Gasteiger partial charge is 0.478 e. The molecule has 0 aliphatic heterocycles. The minimum Gasteiger partial charge on any atom is -0.478 e. The number of nitrogens with zero attached hydrogens (tertiary/aromatic N) is 1. The average molecular weight is 243 g/mol. The van der Waals surface area contributed by atoms with Crippen LogP contribution in [0, 0.1) is 5.92 Å². The number of aromatic nitrogens is 1. The first-order valence-electron chi connectivity index (χ1n) is 5.13. The molecule has 2 N–H and O–H groups in total. The van der Waals surface area contributed by atoms with Gasteiger partial charge >= 0.3 is 5.97 Å². The summed E-state index contributed by atoms with van der Waals surface area (Å²) in [6.45, 7) is 5.03. The van der Waals surface area contributed by atoms with Crippen LogP contribution in [0.3, 0.4) is 0 Å². The van der Waals surface area contributed by atoms with Gasteiger partial charge in [-0.2, -0.15) is 0 Å². The van der Waals surface area contributed by atoms with Gasteiger partial charge in [0.05, 0.1) is 10.6 Å². The summed E-state index contributed by atoms with van der Waals surface area (Å²) in [4.78, 5) is 14.6. The van der Waals surface area contributed by atoms with E-state index in [4.69, 9.17) is 16.7 Å². The molecule has 1 aromatic rings. The van der Waals surface area contributed by atoms with Gasteiger partial charge in [-0.15, -0.1) is 0 Å². The molecular formula is C11H15ClN2O2. The molecule has 5 heteroatoms. The van der Waals surface area contributed by atoms with Crippen LogP contribution in [0.15, 0.2) is 12.3 Å². The first-order chi connectivity index (χ1) is 7.50. The fraction of sp³-hybridized carbons (Fsp3) is 0.455. The van der Waals surface area contributed by atoms with Gasteiger partial charge in [-0.1, -0.05) is 25.4 Å². The Kier molecular flexibility index (Phi) is 4.55. The Morgan fingerprint density at radius 1 is 1.62 bits per heavy atom. The predicted molar refractivity (Wildman–Crippen MR) is 64.2 cm³/mol. The van der Waals surface area contributed by atoms with Crippen molar-refractivity contribution in [1.29, 1.82) is 0 Å². The number of aromatic carboxylic acids is 1. The Morgan fingerprint density at radius 3 is 2.81 bits per heavy atom. The van der Waals surface area contributed by atoms with E-state index in [0.717, 1.165) is 13.0 Å². The second kappa shape index (κ2) is 5.70. The maximum absolute atomic E-state index is 10.6. The number of carboxylic acids is 1. The van der Waals surface area contributed by atoms with Crippen molar-refractivity contribution in [3.63, 3.8) is 0 Å². The van der Waals surface area contributed by atoms with Crippen LogP contribution in [0.5, 0.6) is 0 Å². The molecule has 0 spiro atoms. The first kappa shape index (κ1) is 12.8. The molecule has 0 bridgehead atoms. The van der Waals surface area contributed by atoms with Crippen LogP contribution in [0.2, 0.25) is 5.02 Å². The van der Waals surface area contributed by atoms with Gasteiger partial charge in [0, 0.05) is 12.7 Å². The highest BCUT2D eigenvalue weighted by Gasteiger charge is 2.08. The number of carbonyl (C=O) groups is 1. The lowest BCUT2D eigenvalue weighted by Gasteiger charge is -2.09. The Bertz CT molecular complexity index is 380. The van der Waals surface area contributed by atoms with E-state index >= 15 is 0 Å². The third-order valence-corrected chi connectivity index (χ3v) is 2.39. The second-order valence-corrected chi connectivity index (χ2v) is 4.38. The monoisotopic (exact) mass is 242 g/mol. The highest BCUT2D eigenvalue weighted by atomic mass is 35.5. The van der Waals surface area contributed by atoms with E-state index in [1.54, 1.807) is 0 Å². The number of rotatable bonds is 5. The molecule has 1 aromatic heterocycles. The van der Waals surface area contributed by atoms with Crippen molar-refractivity contribution in [2.45, 2.75) is 20.3 Å². The highest BCUT2D eigenvalue weighted by Crippen LogP contribution is 2.20. The van der Waals surface area contributed by atoms with Gasteiger partial charge < -0.3 is 10.4 Å². The normalized spacial score (nSPS) is 10.5. The minimum atomic E-state index is -1.02. The van der Waals surface area contributed by atoms with E-state index in [9.17, 15) is 4.79 Å². The molecule has 88 valence electrons. The summed E-state index contributed by atoms with van der Waals surface area (Å²) in [5.41, 5.74) is 0.0967. The molecular weight excluding hydrogens is 228 g/mol. The van der Waals surface area contributed by atoms with Crippen LogP contribution in [0.4, 0.5) is 5.82 Å². The zero-order valence-electron chi connectivity index (χ0n) is 9.33. The van der Waals surface area contributed by atoms with Gasteiger partial charge in [-0.3, -0.25) is 0 Å². The van der Waals surface area contributed by atoms with Crippen LogP contribution >= 0.6 is 11.6 Å². The van der Waals surface area contributed by atoms with E-state index in [-0.39, 0.29) is 5.56 Å². The third-order valence-electron chi connectivity index (χ3n) is 2.10. The average Bonchev–Trinajstić information content (AvgIpc) is 2.19. The highest BCUT2D eigenvalue weighted by molar-refractivity contribution is 6.33. The lowest BCUT2D eigenvalue weighted by Crippen LogP contribution is -2.07. The van der Waals surface area contributed by atoms with Gasteiger partial charge in [-0.05, 0) is 18.4 Å². The zero-order chi connectivity index (χ0) is 12.1. The SMILES string of the molecule is CC(C)CCNc1ncc(C(=O)O)cc1Cl. The Hall–Kier alpha value is -1.29. The number of halogens is 1. The van der Waals surface area contributed by atoms with Crippen LogP contribution in [0.1, 0.15) is 30.6 Å². The topological polar surface area (TPSA) is 62.2 Å². The summed E-state index contributed by atoms with van der Waals surface area (Å²) in [5, 5.41) is 12.1. The van der Waals surface area contributed by atoms with Crippen molar-refractivity contribution >= 4 is 23.4 Å². The van der Waals surface area contributed by atoms with E-state index in [2.05, 4.69) is 24.1 Å². The van der Waals surface area contributed by atoms with Crippen molar-refractivity contribution in [1.82, 2.24) is 4.98 Å². The molecule has 16 heavy (non-hydrogen) atoms. The van der Waals surface area contributed by atoms with Crippen molar-refractivity contribution in [3.05, 3.63) is 22.8 Å². The lowest BCUT2D eigenvalue weighted by atomic mass is 10.1. The smallest absolute Gasteiger partial charge is 0.337 e. The van der Waals surface area contributed by atoms with Crippen molar-refractivity contribution in [3.8, 4) is 0 Å². The van der Waals surface area contributed by atoms with Crippen LogP contribution in [-0.2, 0) is 0 Å². The number of hydrogen-bond donors (Lipinski definition) is 2. The summed E-state index contributed by atoms with van der Waals surface area (Å²) < 4.78 is 0. The number of anilines is 1. The molecule has 0 saturated heterocycles. The van der Waals surface area contributed by atoms with Crippen molar-refractivity contribution in [2.24, 2.45) is 5.92 Å². The Labute approximate surface area is 99.6 Å². The maximum Gasteiger partial charge on any atom is 0.337 e. The molecule has 0 aromatic carbocycles. The molecule has 4 nitrogen and oxygen atoms in total. The van der Waals surface area contributed by atoms with Crippen LogP contribution in [0.25, 0.3) is 0 Å². The number of hydrogen-bond acceptors (Lipinski definition) is 3. The summed E-state index contributed by atoms with van der Waals surface area (Å²) >= 11 is 5.90. The van der Waals surface area contributed by atoms with Crippen LogP contribution < -0.4 is 5.32 Å². The molecule has 0 fully saturated rings. The van der Waals surface area contributed by atoms with Crippen molar-refractivity contribution in [2.75, 3.05) is 11.9 Å². The van der Waals surface area contributed by atoms with Gasteiger partial charge in [0.25, 0.3) is 0 Å².